The Morgan fingerprint density at radius 2 is 1.73 bits per heavy atom. The van der Waals surface area contributed by atoms with E-state index in [1.807, 2.05) is 18.2 Å². The molecule has 30 heavy (non-hydrogen) atoms. The number of benzene rings is 1. The molecule has 3 heterocycles. The van der Waals surface area contributed by atoms with Gasteiger partial charge >= 0.3 is 0 Å². The van der Waals surface area contributed by atoms with Crippen molar-refractivity contribution in [2.75, 3.05) is 39.3 Å². The van der Waals surface area contributed by atoms with E-state index in [9.17, 15) is 13.2 Å². The van der Waals surface area contributed by atoms with Crippen molar-refractivity contribution >= 4 is 27.5 Å². The third-order valence-corrected chi connectivity index (χ3v) is 8.01. The molecule has 2 saturated heterocycles. The van der Waals surface area contributed by atoms with Gasteiger partial charge in [0, 0.05) is 57.6 Å². The molecule has 4 rings (SSSR count). The Morgan fingerprint density at radius 3 is 2.40 bits per heavy atom. The van der Waals surface area contributed by atoms with E-state index in [0.29, 0.717) is 31.7 Å². The lowest BCUT2D eigenvalue weighted by Gasteiger charge is -2.34. The molecule has 0 spiro atoms. The second-order valence-electron chi connectivity index (χ2n) is 7.65. The van der Waals surface area contributed by atoms with Crippen LogP contribution in [0.5, 0.6) is 0 Å². The molecular formula is C21H25ClN4O3S. The number of hydrogen-bond acceptors (Lipinski definition) is 5. The molecule has 0 N–H and O–H groups in total. The SMILES string of the molecule is O=C(c1ccc(Cl)c(S(=O)(=O)N2CCCC2)c1)N1CCN(Cc2ccccn2)CC1. The van der Waals surface area contributed by atoms with E-state index < -0.39 is 10.0 Å². The number of halogens is 1. The van der Waals surface area contributed by atoms with Crippen molar-refractivity contribution in [1.82, 2.24) is 19.1 Å². The maximum absolute atomic E-state index is 13.0. The van der Waals surface area contributed by atoms with Crippen LogP contribution >= 0.6 is 11.6 Å². The van der Waals surface area contributed by atoms with Crippen LogP contribution < -0.4 is 0 Å². The summed E-state index contributed by atoms with van der Waals surface area (Å²) < 4.78 is 27.3. The van der Waals surface area contributed by atoms with Gasteiger partial charge in [-0.1, -0.05) is 17.7 Å². The van der Waals surface area contributed by atoms with E-state index in [1.165, 1.54) is 16.4 Å². The van der Waals surface area contributed by atoms with Crippen LogP contribution in [0.25, 0.3) is 0 Å². The molecule has 2 aromatic rings. The topological polar surface area (TPSA) is 73.8 Å². The van der Waals surface area contributed by atoms with Crippen LogP contribution in [0.15, 0.2) is 47.5 Å². The summed E-state index contributed by atoms with van der Waals surface area (Å²) in [6.45, 7) is 4.40. The molecule has 0 unspecified atom stereocenters. The smallest absolute Gasteiger partial charge is 0.253 e. The largest absolute Gasteiger partial charge is 0.336 e. The number of hydrogen-bond donors (Lipinski definition) is 0. The summed E-state index contributed by atoms with van der Waals surface area (Å²) in [6, 6.07) is 10.4. The van der Waals surface area contributed by atoms with Crippen LogP contribution in [0.2, 0.25) is 5.02 Å². The average molecular weight is 449 g/mol. The van der Waals surface area contributed by atoms with Crippen LogP contribution in [0, 0.1) is 0 Å². The fourth-order valence-corrected chi connectivity index (χ4v) is 5.93. The standard InChI is InChI=1S/C21H25ClN4O3S/c22-19-7-6-17(15-20(19)30(28,29)26-9-3-4-10-26)21(27)25-13-11-24(12-14-25)16-18-5-1-2-8-23-18/h1-2,5-8,15H,3-4,9-14,16H2. The maximum atomic E-state index is 13.0. The van der Waals surface area contributed by atoms with Crippen molar-refractivity contribution in [3.8, 4) is 0 Å². The van der Waals surface area contributed by atoms with Crippen LogP contribution in [0.4, 0.5) is 0 Å². The first-order chi connectivity index (χ1) is 14.4. The zero-order valence-electron chi connectivity index (χ0n) is 16.7. The average Bonchev–Trinajstić information content (AvgIpc) is 3.31. The highest BCUT2D eigenvalue weighted by molar-refractivity contribution is 7.89. The molecule has 1 amide bonds. The van der Waals surface area contributed by atoms with Crippen molar-refractivity contribution in [2.45, 2.75) is 24.3 Å². The van der Waals surface area contributed by atoms with Gasteiger partial charge in [0.1, 0.15) is 4.90 Å². The molecule has 1 aromatic heterocycles. The summed E-state index contributed by atoms with van der Waals surface area (Å²) >= 11 is 6.20. The lowest BCUT2D eigenvalue weighted by Crippen LogP contribution is -2.48. The summed E-state index contributed by atoms with van der Waals surface area (Å²) in [4.78, 5) is 21.4. The Labute approximate surface area is 182 Å². The predicted molar refractivity (Wildman–Crippen MR) is 115 cm³/mol. The van der Waals surface area contributed by atoms with Gasteiger partial charge in [-0.25, -0.2) is 8.42 Å². The maximum Gasteiger partial charge on any atom is 0.253 e. The first-order valence-electron chi connectivity index (χ1n) is 10.2. The molecule has 1 aromatic carbocycles. The predicted octanol–water partition coefficient (Wildman–Crippen LogP) is 2.48. The number of pyridine rings is 1. The number of amides is 1. The molecule has 0 aliphatic carbocycles. The van der Waals surface area contributed by atoms with Gasteiger partial charge < -0.3 is 4.90 Å². The van der Waals surface area contributed by atoms with Crippen LogP contribution in [0.1, 0.15) is 28.9 Å². The van der Waals surface area contributed by atoms with Gasteiger partial charge in [0.25, 0.3) is 5.91 Å². The minimum atomic E-state index is -3.68. The van der Waals surface area contributed by atoms with Gasteiger partial charge in [0.15, 0.2) is 0 Å². The molecule has 2 fully saturated rings. The Bertz CT molecular complexity index is 1000. The highest BCUT2D eigenvalue weighted by Gasteiger charge is 2.30. The Hall–Kier alpha value is -2.00. The van der Waals surface area contributed by atoms with Crippen molar-refractivity contribution in [3.05, 3.63) is 58.9 Å². The van der Waals surface area contributed by atoms with Gasteiger partial charge in [-0.15, -0.1) is 0 Å². The fourth-order valence-electron chi connectivity index (χ4n) is 3.91. The second-order valence-corrected chi connectivity index (χ2v) is 9.96. The molecule has 2 aliphatic heterocycles. The third-order valence-electron chi connectivity index (χ3n) is 5.63. The fraction of sp³-hybridized carbons (Fsp3) is 0.429. The minimum absolute atomic E-state index is 0.0192. The first-order valence-corrected chi connectivity index (χ1v) is 12.0. The van der Waals surface area contributed by atoms with Crippen LogP contribution in [-0.2, 0) is 16.6 Å². The van der Waals surface area contributed by atoms with Gasteiger partial charge in [0.2, 0.25) is 10.0 Å². The zero-order valence-corrected chi connectivity index (χ0v) is 18.3. The van der Waals surface area contributed by atoms with E-state index in [2.05, 4.69) is 9.88 Å². The first kappa shape index (κ1) is 21.2. The van der Waals surface area contributed by atoms with Crippen molar-refractivity contribution in [2.24, 2.45) is 0 Å². The normalized spacial score (nSPS) is 18.6. The molecule has 2 aliphatic rings. The third kappa shape index (κ3) is 4.51. The lowest BCUT2D eigenvalue weighted by molar-refractivity contribution is 0.0627. The summed E-state index contributed by atoms with van der Waals surface area (Å²) in [5.41, 5.74) is 1.36. The number of sulfonamides is 1. The van der Waals surface area contributed by atoms with Crippen molar-refractivity contribution in [1.29, 1.82) is 0 Å². The van der Waals surface area contributed by atoms with E-state index in [1.54, 1.807) is 17.2 Å². The highest BCUT2D eigenvalue weighted by atomic mass is 35.5. The molecule has 160 valence electrons. The second kappa shape index (κ2) is 9.01. The van der Waals surface area contributed by atoms with Crippen molar-refractivity contribution in [3.63, 3.8) is 0 Å². The monoisotopic (exact) mass is 448 g/mol. The van der Waals surface area contributed by atoms with E-state index in [4.69, 9.17) is 11.6 Å². The van der Waals surface area contributed by atoms with Crippen molar-refractivity contribution < 1.29 is 13.2 Å². The van der Waals surface area contributed by atoms with Gasteiger partial charge in [-0.3, -0.25) is 14.7 Å². The van der Waals surface area contributed by atoms with Gasteiger partial charge in [-0.2, -0.15) is 4.31 Å². The summed E-state index contributed by atoms with van der Waals surface area (Å²) in [7, 11) is -3.68. The van der Waals surface area contributed by atoms with E-state index >= 15 is 0 Å². The van der Waals surface area contributed by atoms with Gasteiger partial charge in [0.05, 0.1) is 10.7 Å². The minimum Gasteiger partial charge on any atom is -0.336 e. The number of nitrogens with zero attached hydrogens (tertiary/aromatic N) is 4. The molecule has 0 radical (unpaired) electrons. The van der Waals surface area contributed by atoms with Crippen LogP contribution in [-0.4, -0.2) is 72.7 Å². The molecule has 9 heteroatoms. The molecule has 7 nitrogen and oxygen atoms in total. The molecule has 0 atom stereocenters. The lowest BCUT2D eigenvalue weighted by atomic mass is 10.1. The number of aromatic nitrogens is 1. The number of carbonyl (C=O) groups is 1. The van der Waals surface area contributed by atoms with Crippen LogP contribution in [0.3, 0.4) is 0 Å². The zero-order chi connectivity index (χ0) is 21.1. The summed E-state index contributed by atoms with van der Waals surface area (Å²) in [5.74, 6) is -0.165. The quantitative estimate of drug-likeness (QED) is 0.702. The Balaban J connectivity index is 1.44. The Kier molecular flexibility index (Phi) is 6.38. The Morgan fingerprint density at radius 1 is 1.00 bits per heavy atom. The highest BCUT2D eigenvalue weighted by Crippen LogP contribution is 2.28. The van der Waals surface area contributed by atoms with E-state index in [0.717, 1.165) is 38.2 Å². The number of rotatable bonds is 5. The summed E-state index contributed by atoms with van der Waals surface area (Å²) in [5, 5.41) is 0.152. The van der Waals surface area contributed by atoms with Gasteiger partial charge in [-0.05, 0) is 43.2 Å². The number of carbonyl (C=O) groups excluding carboxylic acids is 1. The number of piperazine rings is 1. The summed E-state index contributed by atoms with van der Waals surface area (Å²) in [6.07, 6.45) is 3.47. The molecule has 0 bridgehead atoms. The molecule has 0 saturated carbocycles. The van der Waals surface area contributed by atoms with E-state index in [-0.39, 0.29) is 15.8 Å². The molecular weight excluding hydrogens is 424 g/mol.